The second-order valence-electron chi connectivity index (χ2n) is 6.64. The Labute approximate surface area is 155 Å². The number of hydrogen-bond donors (Lipinski definition) is 2. The number of hydrogen-bond acceptors (Lipinski definition) is 4. The summed E-state index contributed by atoms with van der Waals surface area (Å²) in [6.45, 7) is 10.7. The van der Waals surface area contributed by atoms with E-state index >= 15 is 0 Å². The number of aromatic nitrogens is 1. The molecule has 1 aromatic carbocycles. The van der Waals surface area contributed by atoms with Gasteiger partial charge in [-0.25, -0.2) is 13.4 Å². The fourth-order valence-corrected chi connectivity index (χ4v) is 4.52. The average molecular weight is 375 g/mol. The Balaban J connectivity index is 2.24. The van der Waals surface area contributed by atoms with Crippen molar-refractivity contribution in [3.63, 3.8) is 0 Å². The van der Waals surface area contributed by atoms with Gasteiger partial charge >= 0.3 is 0 Å². The molecule has 140 valence electrons. The van der Waals surface area contributed by atoms with Crippen LogP contribution in [0.15, 0.2) is 29.3 Å². The summed E-state index contributed by atoms with van der Waals surface area (Å²) in [5.41, 5.74) is 4.14. The summed E-state index contributed by atoms with van der Waals surface area (Å²) in [6, 6.07) is 4.51. The number of pyridine rings is 1. The molecule has 1 heterocycles. The van der Waals surface area contributed by atoms with E-state index in [4.69, 9.17) is 0 Å². The van der Waals surface area contributed by atoms with Gasteiger partial charge in [-0.15, -0.1) is 0 Å². The third-order valence-electron chi connectivity index (χ3n) is 4.45. The van der Waals surface area contributed by atoms with Crippen LogP contribution in [0.25, 0.3) is 0 Å². The number of sulfonamides is 1. The van der Waals surface area contributed by atoms with Crippen LogP contribution in [0.5, 0.6) is 0 Å². The van der Waals surface area contributed by atoms with Gasteiger partial charge in [0.25, 0.3) is 0 Å². The minimum atomic E-state index is -3.84. The molecule has 1 aromatic heterocycles. The lowest BCUT2D eigenvalue weighted by atomic mass is 10.0. The Hall–Kier alpha value is -2.25. The number of carbonyl (C=O) groups is 1. The summed E-state index contributed by atoms with van der Waals surface area (Å²) in [5.74, 6) is -0.0879. The zero-order valence-electron chi connectivity index (χ0n) is 16.0. The summed E-state index contributed by atoms with van der Waals surface area (Å²) >= 11 is 0. The number of nitrogens with zero attached hydrogens (tertiary/aromatic N) is 1. The number of anilines is 1. The fourth-order valence-electron chi connectivity index (χ4n) is 2.71. The van der Waals surface area contributed by atoms with Crippen molar-refractivity contribution in [1.29, 1.82) is 0 Å². The highest BCUT2D eigenvalue weighted by Crippen LogP contribution is 2.26. The Morgan fingerprint density at radius 2 is 1.62 bits per heavy atom. The number of benzene rings is 1. The molecule has 0 aliphatic heterocycles. The van der Waals surface area contributed by atoms with Gasteiger partial charge in [0.2, 0.25) is 15.9 Å². The number of rotatable bonds is 5. The molecule has 0 aliphatic carbocycles. The maximum atomic E-state index is 12.9. The molecule has 0 spiro atoms. The molecule has 0 saturated carbocycles. The van der Waals surface area contributed by atoms with Gasteiger partial charge < -0.3 is 5.32 Å². The van der Waals surface area contributed by atoms with Gasteiger partial charge in [-0.3, -0.25) is 4.79 Å². The third-order valence-corrected chi connectivity index (χ3v) is 6.27. The number of aryl methyl sites for hydroxylation is 3. The molecule has 1 atom stereocenters. The first-order valence-corrected chi connectivity index (χ1v) is 9.84. The number of nitrogens with one attached hydrogen (secondary N) is 2. The van der Waals surface area contributed by atoms with Crippen LogP contribution in [0.1, 0.15) is 34.7 Å². The minimum absolute atomic E-state index is 0.239. The molecule has 2 N–H and O–H groups in total. The lowest BCUT2D eigenvalue weighted by Crippen LogP contribution is -2.42. The van der Waals surface area contributed by atoms with Crippen LogP contribution in [-0.2, 0) is 14.8 Å². The van der Waals surface area contributed by atoms with Crippen molar-refractivity contribution < 1.29 is 13.2 Å². The van der Waals surface area contributed by atoms with Gasteiger partial charge in [0, 0.05) is 6.20 Å². The van der Waals surface area contributed by atoms with E-state index in [0.29, 0.717) is 16.9 Å². The van der Waals surface area contributed by atoms with E-state index < -0.39 is 22.0 Å². The third kappa shape index (κ3) is 4.28. The predicted molar refractivity (Wildman–Crippen MR) is 103 cm³/mol. The average Bonchev–Trinajstić information content (AvgIpc) is 2.54. The van der Waals surface area contributed by atoms with E-state index in [0.717, 1.165) is 16.7 Å². The molecule has 0 fully saturated rings. The molecule has 1 amide bonds. The predicted octanol–water partition coefficient (Wildman–Crippen LogP) is 2.93. The highest BCUT2D eigenvalue weighted by molar-refractivity contribution is 7.89. The van der Waals surface area contributed by atoms with Crippen LogP contribution in [0, 0.1) is 34.6 Å². The summed E-state index contributed by atoms with van der Waals surface area (Å²) in [4.78, 5) is 16.7. The molecular weight excluding hydrogens is 350 g/mol. The van der Waals surface area contributed by atoms with Crippen molar-refractivity contribution in [2.75, 3.05) is 5.32 Å². The SMILES string of the molecule is Cc1ccc(NC(=O)[C@H](C)NS(=O)(=O)c2c(C)c(C)cc(C)c2C)nc1. The van der Waals surface area contributed by atoms with Crippen molar-refractivity contribution in [2.45, 2.75) is 52.5 Å². The number of amides is 1. The van der Waals surface area contributed by atoms with Crippen LogP contribution in [-0.4, -0.2) is 25.4 Å². The maximum absolute atomic E-state index is 12.9. The summed E-state index contributed by atoms with van der Waals surface area (Å²) < 4.78 is 28.2. The van der Waals surface area contributed by atoms with E-state index in [1.807, 2.05) is 32.9 Å². The van der Waals surface area contributed by atoms with Gasteiger partial charge in [-0.05, 0) is 75.4 Å². The highest BCUT2D eigenvalue weighted by Gasteiger charge is 2.26. The minimum Gasteiger partial charge on any atom is -0.309 e. The summed E-state index contributed by atoms with van der Waals surface area (Å²) in [6.07, 6.45) is 1.63. The Morgan fingerprint density at radius 3 is 2.12 bits per heavy atom. The topological polar surface area (TPSA) is 88.2 Å². The van der Waals surface area contributed by atoms with Gasteiger partial charge in [-0.1, -0.05) is 12.1 Å². The smallest absolute Gasteiger partial charge is 0.243 e. The largest absolute Gasteiger partial charge is 0.309 e. The molecular formula is C19H25N3O3S. The van der Waals surface area contributed by atoms with Crippen molar-refractivity contribution in [3.05, 3.63) is 52.2 Å². The van der Waals surface area contributed by atoms with Gasteiger partial charge in [0.1, 0.15) is 5.82 Å². The highest BCUT2D eigenvalue weighted by atomic mass is 32.2. The van der Waals surface area contributed by atoms with E-state index in [-0.39, 0.29) is 4.90 Å². The van der Waals surface area contributed by atoms with E-state index in [1.54, 1.807) is 26.1 Å². The standard InChI is InChI=1S/C19H25N3O3S/c1-11-7-8-17(20-10-11)21-19(23)16(6)22-26(24,25)18-14(4)12(2)9-13(3)15(18)5/h7-10,16,22H,1-6H3,(H,20,21,23)/t16-/m0/s1. The second-order valence-corrected chi connectivity index (χ2v) is 8.29. The van der Waals surface area contributed by atoms with Crippen LogP contribution in [0.3, 0.4) is 0 Å². The van der Waals surface area contributed by atoms with E-state index in [1.165, 1.54) is 6.92 Å². The second kappa shape index (κ2) is 7.55. The summed E-state index contributed by atoms with van der Waals surface area (Å²) in [7, 11) is -3.84. The fraction of sp³-hybridized carbons (Fsp3) is 0.368. The first-order valence-electron chi connectivity index (χ1n) is 8.36. The van der Waals surface area contributed by atoms with Gasteiger partial charge in [-0.2, -0.15) is 4.72 Å². The van der Waals surface area contributed by atoms with Crippen molar-refractivity contribution in [1.82, 2.24) is 9.71 Å². The monoisotopic (exact) mass is 375 g/mol. The van der Waals surface area contributed by atoms with Crippen LogP contribution < -0.4 is 10.0 Å². The first-order chi connectivity index (χ1) is 12.0. The molecule has 26 heavy (non-hydrogen) atoms. The Morgan fingerprint density at radius 1 is 1.04 bits per heavy atom. The molecule has 2 aromatic rings. The number of carbonyl (C=O) groups excluding carboxylic acids is 1. The van der Waals surface area contributed by atoms with Gasteiger partial charge in [0.05, 0.1) is 10.9 Å². The molecule has 6 nitrogen and oxygen atoms in total. The lowest BCUT2D eigenvalue weighted by molar-refractivity contribution is -0.117. The van der Waals surface area contributed by atoms with Crippen molar-refractivity contribution in [2.24, 2.45) is 0 Å². The zero-order chi connectivity index (χ0) is 19.6. The maximum Gasteiger partial charge on any atom is 0.243 e. The quantitative estimate of drug-likeness (QED) is 0.841. The molecule has 0 radical (unpaired) electrons. The Bertz CT molecular complexity index is 909. The van der Waals surface area contributed by atoms with Crippen molar-refractivity contribution in [3.8, 4) is 0 Å². The van der Waals surface area contributed by atoms with Crippen LogP contribution in [0.4, 0.5) is 5.82 Å². The molecule has 0 bridgehead atoms. The Kier molecular flexibility index (Phi) is 5.83. The van der Waals surface area contributed by atoms with E-state index in [9.17, 15) is 13.2 Å². The summed E-state index contributed by atoms with van der Waals surface area (Å²) in [5, 5.41) is 2.62. The molecule has 2 rings (SSSR count). The normalized spacial score (nSPS) is 12.7. The zero-order valence-corrected chi connectivity index (χ0v) is 16.8. The van der Waals surface area contributed by atoms with E-state index in [2.05, 4.69) is 15.0 Å². The van der Waals surface area contributed by atoms with Crippen LogP contribution >= 0.6 is 0 Å². The molecule has 0 aliphatic rings. The molecule has 0 saturated heterocycles. The molecule has 0 unspecified atom stereocenters. The molecule has 7 heteroatoms. The van der Waals surface area contributed by atoms with Gasteiger partial charge in [0.15, 0.2) is 0 Å². The van der Waals surface area contributed by atoms with Crippen LogP contribution in [0.2, 0.25) is 0 Å². The first kappa shape index (κ1) is 20.1. The van der Waals surface area contributed by atoms with Crippen molar-refractivity contribution >= 4 is 21.7 Å². The lowest BCUT2D eigenvalue weighted by Gasteiger charge is -2.19.